The first-order chi connectivity index (χ1) is 12.5. The summed E-state index contributed by atoms with van der Waals surface area (Å²) in [6.07, 6.45) is 1.28. The van der Waals surface area contributed by atoms with Crippen LogP contribution in [0, 0.1) is 0 Å². The molecule has 0 atom stereocenters. The van der Waals surface area contributed by atoms with Crippen molar-refractivity contribution in [3.8, 4) is 5.69 Å². The Hall–Kier alpha value is -3.46. The fraction of sp³-hybridized carbons (Fsp3) is 0.0588. The number of amidine groups is 1. The number of nitrogens with two attached hydrogens (primary N) is 1. The van der Waals surface area contributed by atoms with Crippen molar-refractivity contribution in [1.29, 1.82) is 0 Å². The van der Waals surface area contributed by atoms with Gasteiger partial charge in [0, 0.05) is 13.2 Å². The Morgan fingerprint density at radius 3 is 2.54 bits per heavy atom. The first-order valence-electron chi connectivity index (χ1n) is 7.46. The topological polar surface area (TPSA) is 109 Å². The number of thiophene rings is 1. The predicted octanol–water partition coefficient (Wildman–Crippen LogP) is 1.07. The van der Waals surface area contributed by atoms with Gasteiger partial charge in [0.05, 0.1) is 5.69 Å². The zero-order valence-electron chi connectivity index (χ0n) is 13.7. The number of hydrogen-bond acceptors (Lipinski definition) is 6. The fourth-order valence-corrected chi connectivity index (χ4v) is 2.79. The molecular weight excluding hydrogens is 356 g/mol. The highest BCUT2D eigenvalue weighted by molar-refractivity contribution is 7.11. The molecule has 2 heterocycles. The molecule has 9 heteroatoms. The first-order valence-corrected chi connectivity index (χ1v) is 8.34. The summed E-state index contributed by atoms with van der Waals surface area (Å²) in [6.45, 7) is 0. The highest BCUT2D eigenvalue weighted by Gasteiger charge is 2.15. The number of benzene rings is 1. The Balaban J connectivity index is 2.00. The van der Waals surface area contributed by atoms with Crippen LogP contribution in [0.5, 0.6) is 0 Å². The maximum Gasteiger partial charge on any atom is 0.375 e. The van der Waals surface area contributed by atoms with Crippen LogP contribution >= 0.6 is 11.3 Å². The normalized spacial score (nSPS) is 11.3. The number of rotatable bonds is 4. The summed E-state index contributed by atoms with van der Waals surface area (Å²) in [5.41, 5.74) is 5.13. The number of hydrogen-bond donors (Lipinski definition) is 1. The minimum atomic E-state index is -0.684. The van der Waals surface area contributed by atoms with Crippen LogP contribution in [0.25, 0.3) is 5.69 Å². The van der Waals surface area contributed by atoms with Gasteiger partial charge in [0.2, 0.25) is 0 Å². The Labute approximate surface area is 151 Å². The molecule has 8 nitrogen and oxygen atoms in total. The molecule has 3 rings (SSSR count). The molecule has 0 radical (unpaired) electrons. The molecule has 0 aliphatic heterocycles. The van der Waals surface area contributed by atoms with Crippen molar-refractivity contribution in [2.45, 2.75) is 0 Å². The third kappa shape index (κ3) is 3.33. The quantitative estimate of drug-likeness (QED) is 0.320. The van der Waals surface area contributed by atoms with Gasteiger partial charge in [-0.3, -0.25) is 13.9 Å². The molecule has 0 unspecified atom stereocenters. The summed E-state index contributed by atoms with van der Waals surface area (Å²) in [5, 5.41) is 5.26. The maximum atomic E-state index is 12.3. The largest absolute Gasteiger partial charge is 0.380 e. The van der Waals surface area contributed by atoms with E-state index in [1.807, 2.05) is 0 Å². The average molecular weight is 370 g/mol. The molecule has 132 valence electrons. The Bertz CT molecular complexity index is 1080. The Morgan fingerprint density at radius 1 is 1.15 bits per heavy atom. The number of oxime groups is 1. The van der Waals surface area contributed by atoms with Crippen molar-refractivity contribution < 1.29 is 9.63 Å². The molecule has 0 fully saturated rings. The van der Waals surface area contributed by atoms with Crippen LogP contribution < -0.4 is 17.0 Å². The smallest absolute Gasteiger partial charge is 0.375 e. The highest BCUT2D eigenvalue weighted by Crippen LogP contribution is 2.10. The lowest BCUT2D eigenvalue weighted by Crippen LogP contribution is -2.41. The van der Waals surface area contributed by atoms with Gasteiger partial charge in [-0.25, -0.2) is 9.59 Å². The summed E-state index contributed by atoms with van der Waals surface area (Å²) in [4.78, 5) is 41.6. The summed E-state index contributed by atoms with van der Waals surface area (Å²) >= 11 is 1.19. The average Bonchev–Trinajstić information content (AvgIpc) is 3.20. The van der Waals surface area contributed by atoms with Crippen LogP contribution in [0.1, 0.15) is 15.2 Å². The van der Waals surface area contributed by atoms with Crippen LogP contribution in [0.4, 0.5) is 0 Å². The third-order valence-electron chi connectivity index (χ3n) is 3.55. The van der Waals surface area contributed by atoms with Gasteiger partial charge < -0.3 is 10.6 Å². The van der Waals surface area contributed by atoms with E-state index in [0.717, 1.165) is 4.57 Å². The Kier molecular flexibility index (Phi) is 4.81. The van der Waals surface area contributed by atoms with E-state index < -0.39 is 17.2 Å². The van der Waals surface area contributed by atoms with Gasteiger partial charge in [0.1, 0.15) is 10.4 Å². The van der Waals surface area contributed by atoms with Crippen molar-refractivity contribution in [2.24, 2.45) is 17.9 Å². The predicted molar refractivity (Wildman–Crippen MR) is 97.7 cm³/mol. The molecule has 26 heavy (non-hydrogen) atoms. The summed E-state index contributed by atoms with van der Waals surface area (Å²) in [5.74, 6) is -0.989. The van der Waals surface area contributed by atoms with E-state index >= 15 is 0 Å². The molecule has 0 spiro atoms. The zero-order valence-corrected chi connectivity index (χ0v) is 14.5. The second-order valence-corrected chi connectivity index (χ2v) is 6.18. The van der Waals surface area contributed by atoms with E-state index in [2.05, 4.69) is 5.16 Å². The summed E-state index contributed by atoms with van der Waals surface area (Å²) in [7, 11) is 1.33. The molecule has 0 saturated carbocycles. The standard InChI is InChI=1S/C17H14N4O4S/c1-20-15(22)12(10-21(17(20)24)11-6-3-2-4-7-11)14(18)19-25-16(23)13-8-5-9-26-13/h2-10H,1H3,(H2,18,19). The minimum absolute atomic E-state index is 0.0602. The van der Waals surface area contributed by atoms with Gasteiger partial charge in [0.15, 0.2) is 5.84 Å². The molecule has 0 aliphatic carbocycles. The Morgan fingerprint density at radius 2 is 1.88 bits per heavy atom. The molecule has 0 saturated heterocycles. The van der Waals surface area contributed by atoms with Gasteiger partial charge in [-0.1, -0.05) is 29.4 Å². The van der Waals surface area contributed by atoms with Crippen LogP contribution in [0.2, 0.25) is 0 Å². The van der Waals surface area contributed by atoms with Crippen molar-refractivity contribution in [2.75, 3.05) is 0 Å². The van der Waals surface area contributed by atoms with E-state index in [4.69, 9.17) is 10.6 Å². The lowest BCUT2D eigenvalue weighted by Gasteiger charge is -2.10. The van der Waals surface area contributed by atoms with Crippen LogP contribution in [0.15, 0.2) is 68.8 Å². The second kappa shape index (κ2) is 7.19. The molecular formula is C17H14N4O4S. The third-order valence-corrected chi connectivity index (χ3v) is 4.40. The van der Waals surface area contributed by atoms with E-state index in [0.29, 0.717) is 10.6 Å². The number of carbonyl (C=O) groups is 1. The first kappa shape index (κ1) is 17.4. The SMILES string of the molecule is Cn1c(=O)c(C(N)=NOC(=O)c2cccs2)cn(-c2ccccc2)c1=O. The highest BCUT2D eigenvalue weighted by atomic mass is 32.1. The molecule has 0 amide bonds. The van der Waals surface area contributed by atoms with Crippen molar-refractivity contribution in [3.05, 3.63) is 85.3 Å². The molecule has 1 aromatic carbocycles. The van der Waals surface area contributed by atoms with Crippen LogP contribution in [-0.4, -0.2) is 20.9 Å². The number of para-hydroxylation sites is 1. The van der Waals surface area contributed by atoms with Gasteiger partial charge in [-0.05, 0) is 23.6 Å². The monoisotopic (exact) mass is 370 g/mol. The second-order valence-electron chi connectivity index (χ2n) is 5.23. The molecule has 2 aromatic heterocycles. The van der Waals surface area contributed by atoms with Crippen molar-refractivity contribution in [1.82, 2.24) is 9.13 Å². The number of nitrogens with zero attached hydrogens (tertiary/aromatic N) is 3. The van der Waals surface area contributed by atoms with Crippen molar-refractivity contribution in [3.63, 3.8) is 0 Å². The lowest BCUT2D eigenvalue weighted by molar-refractivity contribution is 0.0521. The summed E-state index contributed by atoms with van der Waals surface area (Å²) < 4.78 is 2.17. The van der Waals surface area contributed by atoms with E-state index in [-0.39, 0.29) is 11.4 Å². The van der Waals surface area contributed by atoms with Crippen LogP contribution in [0.3, 0.4) is 0 Å². The van der Waals surface area contributed by atoms with E-state index in [9.17, 15) is 14.4 Å². The lowest BCUT2D eigenvalue weighted by atomic mass is 10.3. The van der Waals surface area contributed by atoms with E-state index in [1.54, 1.807) is 47.8 Å². The van der Waals surface area contributed by atoms with Gasteiger partial charge in [0.25, 0.3) is 5.56 Å². The van der Waals surface area contributed by atoms with Crippen molar-refractivity contribution >= 4 is 23.1 Å². The fourth-order valence-electron chi connectivity index (χ4n) is 2.20. The van der Waals surface area contributed by atoms with E-state index in [1.165, 1.54) is 29.1 Å². The molecule has 2 N–H and O–H groups in total. The minimum Gasteiger partial charge on any atom is -0.380 e. The van der Waals surface area contributed by atoms with Gasteiger partial charge in [-0.2, -0.15) is 0 Å². The summed E-state index contributed by atoms with van der Waals surface area (Å²) in [6, 6.07) is 12.0. The van der Waals surface area contributed by atoms with Crippen LogP contribution in [-0.2, 0) is 11.9 Å². The zero-order chi connectivity index (χ0) is 18.7. The van der Waals surface area contributed by atoms with Gasteiger partial charge in [-0.15, -0.1) is 11.3 Å². The maximum absolute atomic E-state index is 12.3. The molecule has 0 bridgehead atoms. The molecule has 3 aromatic rings. The molecule has 0 aliphatic rings. The van der Waals surface area contributed by atoms with Gasteiger partial charge >= 0.3 is 11.7 Å². The number of aromatic nitrogens is 2. The number of carbonyl (C=O) groups excluding carboxylic acids is 1.